The number of benzene rings is 9. The number of nitrogens with zero attached hydrogens (tertiary/aromatic N) is 2. The minimum Gasteiger partial charge on any atom is -0.457 e. The van der Waals surface area contributed by atoms with Crippen molar-refractivity contribution in [1.82, 2.24) is 0 Å². The van der Waals surface area contributed by atoms with Gasteiger partial charge in [0.15, 0.2) is 0 Å². The second-order valence-electron chi connectivity index (χ2n) is 20.0. The van der Waals surface area contributed by atoms with Gasteiger partial charge in [-0.15, -0.1) is 12.8 Å². The maximum Gasteiger partial charge on any atom is 0.266 e. The van der Waals surface area contributed by atoms with Gasteiger partial charge >= 0.3 is 0 Å². The molecule has 9 aromatic rings. The Morgan fingerprint density at radius 3 is 1.01 bits per heavy atom. The van der Waals surface area contributed by atoms with Gasteiger partial charge in [0.25, 0.3) is 23.6 Å². The second kappa shape index (κ2) is 17.0. The highest BCUT2D eigenvalue weighted by Crippen LogP contribution is 2.54. The van der Waals surface area contributed by atoms with Crippen LogP contribution >= 0.6 is 0 Å². The largest absolute Gasteiger partial charge is 0.457 e. The van der Waals surface area contributed by atoms with E-state index in [0.717, 1.165) is 22.3 Å². The average Bonchev–Trinajstić information content (AvgIpc) is 3.37. The molecule has 72 heavy (non-hydrogen) atoms. The molecule has 8 nitrogen and oxygen atoms in total. The van der Waals surface area contributed by atoms with Crippen molar-refractivity contribution in [1.29, 1.82) is 0 Å². The van der Waals surface area contributed by atoms with Crippen LogP contribution in [0.2, 0.25) is 0 Å². The van der Waals surface area contributed by atoms with Crippen molar-refractivity contribution in [2.75, 3.05) is 9.80 Å². The van der Waals surface area contributed by atoms with Crippen LogP contribution in [0.4, 0.5) is 11.4 Å². The minimum atomic E-state index is -0.487. The summed E-state index contributed by atoms with van der Waals surface area (Å²) < 4.78 is 13.8. The fraction of sp³-hybridized carbons (Fsp3) is 0.188. The van der Waals surface area contributed by atoms with Crippen molar-refractivity contribution in [2.24, 2.45) is 0 Å². The Bertz CT molecular complexity index is 3610. The number of ether oxygens (including phenoxy) is 2. The molecule has 352 valence electrons. The first kappa shape index (κ1) is 45.7. The Labute approximate surface area is 418 Å². The van der Waals surface area contributed by atoms with Gasteiger partial charge in [0.05, 0.1) is 22.5 Å². The Morgan fingerprint density at radius 1 is 0.389 bits per heavy atom. The molecule has 0 aliphatic carbocycles. The third kappa shape index (κ3) is 6.78. The summed E-state index contributed by atoms with van der Waals surface area (Å²) in [4.78, 5) is 64.5. The molecular formula is C64H50N2O6. The SMILES string of the molecule is C#Cc1ccc(Oc2cc3c4c(ccc5c6c(Oc7ccc(C#C)cc7)cc7c8c(ccc(c2c45)c86)C(=O)N(c2c(C(C)C)cccc2C(C)C)C7=O)C(=O)N(c2c(C(C)C)cccc2C(C)C)C3=O)cc1. The monoisotopic (exact) mass is 942 g/mol. The quantitative estimate of drug-likeness (QED) is 0.0587. The van der Waals surface area contributed by atoms with Crippen LogP contribution in [-0.2, 0) is 0 Å². The Morgan fingerprint density at radius 2 is 0.708 bits per heavy atom. The fourth-order valence-corrected chi connectivity index (χ4v) is 11.0. The van der Waals surface area contributed by atoms with Crippen LogP contribution in [0.1, 0.15) is 154 Å². The molecule has 11 rings (SSSR count). The normalized spacial score (nSPS) is 13.5. The zero-order chi connectivity index (χ0) is 50.6. The predicted molar refractivity (Wildman–Crippen MR) is 288 cm³/mol. The summed E-state index contributed by atoms with van der Waals surface area (Å²) in [6, 6.07) is 36.9. The van der Waals surface area contributed by atoms with Gasteiger partial charge in [0.1, 0.15) is 23.0 Å². The Balaban J connectivity index is 1.27. The van der Waals surface area contributed by atoms with Crippen molar-refractivity contribution in [3.63, 3.8) is 0 Å². The molecule has 0 aromatic heterocycles. The topological polar surface area (TPSA) is 93.2 Å². The highest BCUT2D eigenvalue weighted by Gasteiger charge is 2.42. The minimum absolute atomic E-state index is 0.00574. The van der Waals surface area contributed by atoms with E-state index in [0.29, 0.717) is 99.7 Å². The van der Waals surface area contributed by atoms with Gasteiger partial charge in [-0.25, -0.2) is 9.80 Å². The summed E-state index contributed by atoms with van der Waals surface area (Å²) in [6.07, 6.45) is 11.5. The third-order valence-corrected chi connectivity index (χ3v) is 14.4. The van der Waals surface area contributed by atoms with E-state index in [1.54, 1.807) is 72.8 Å². The predicted octanol–water partition coefficient (Wildman–Crippen LogP) is 15.4. The standard InChI is InChI=1S/C64H50N2O6/c1-11-37-19-23-39(24-20-37)71-51-31-49-53-47(61(67)65(63(49)69)59-41(33(3)4)15-13-16-42(59)34(5)6)30-28-46-56-52(72-40-25-21-38(12-2)22-26-40)32-50-54-48(29-27-45(58(54)56)55(51)57(46)53)62(68)66(64(50)70)60-43(35(7)8)17-14-18-44(60)36(9)10/h1-2,13-36H,3-10H3. The van der Waals surface area contributed by atoms with Crippen LogP contribution in [0.3, 0.4) is 0 Å². The molecule has 0 spiro atoms. The first-order valence-electron chi connectivity index (χ1n) is 24.4. The second-order valence-corrected chi connectivity index (χ2v) is 20.0. The summed E-state index contributed by atoms with van der Waals surface area (Å²) in [7, 11) is 0. The average molecular weight is 943 g/mol. The number of carbonyl (C=O) groups is 4. The van der Waals surface area contributed by atoms with E-state index in [4.69, 9.17) is 22.3 Å². The summed E-state index contributed by atoms with van der Waals surface area (Å²) in [5, 5.41) is 4.52. The van der Waals surface area contributed by atoms with Crippen molar-refractivity contribution in [3.05, 3.63) is 177 Å². The molecule has 9 aromatic carbocycles. The zero-order valence-electron chi connectivity index (χ0n) is 41.4. The van der Waals surface area contributed by atoms with E-state index < -0.39 is 23.6 Å². The third-order valence-electron chi connectivity index (χ3n) is 14.4. The van der Waals surface area contributed by atoms with Crippen LogP contribution in [0.25, 0.3) is 43.1 Å². The van der Waals surface area contributed by atoms with E-state index in [2.05, 4.69) is 67.2 Å². The first-order chi connectivity index (χ1) is 34.6. The summed E-state index contributed by atoms with van der Waals surface area (Å²) >= 11 is 0. The molecule has 0 radical (unpaired) electrons. The highest BCUT2D eigenvalue weighted by atomic mass is 16.5. The van der Waals surface area contributed by atoms with Gasteiger partial charge < -0.3 is 9.47 Å². The lowest BCUT2D eigenvalue weighted by atomic mass is 9.80. The maximum atomic E-state index is 15.6. The van der Waals surface area contributed by atoms with Crippen LogP contribution < -0.4 is 19.3 Å². The highest BCUT2D eigenvalue weighted by molar-refractivity contribution is 6.46. The van der Waals surface area contributed by atoms with E-state index in [-0.39, 0.29) is 34.8 Å². The number of rotatable bonds is 10. The van der Waals surface area contributed by atoms with Gasteiger partial charge in [-0.2, -0.15) is 0 Å². The molecule has 8 heteroatoms. The molecule has 0 bridgehead atoms. The Hall–Kier alpha value is -8.72. The lowest BCUT2D eigenvalue weighted by Crippen LogP contribution is -2.42. The van der Waals surface area contributed by atoms with E-state index in [1.807, 2.05) is 48.5 Å². The number of fused-ring (bicyclic) bond motifs is 2. The number of imide groups is 2. The number of para-hydroxylation sites is 2. The Kier molecular flexibility index (Phi) is 10.8. The molecule has 0 saturated carbocycles. The number of terminal acetylenes is 2. The number of hydrogen-bond donors (Lipinski definition) is 0. The molecular weight excluding hydrogens is 893 g/mol. The summed E-state index contributed by atoms with van der Waals surface area (Å²) in [5.74, 6) is 5.00. The molecule has 2 aliphatic heterocycles. The smallest absolute Gasteiger partial charge is 0.266 e. The van der Waals surface area contributed by atoms with Gasteiger partial charge in [-0.3, -0.25) is 19.2 Å². The van der Waals surface area contributed by atoms with E-state index in [1.165, 1.54) is 9.80 Å². The number of carbonyl (C=O) groups excluding carboxylic acids is 4. The fourth-order valence-electron chi connectivity index (χ4n) is 11.0. The van der Waals surface area contributed by atoms with Gasteiger partial charge in [-0.05, 0) is 129 Å². The summed E-state index contributed by atoms with van der Waals surface area (Å²) in [5.41, 5.74) is 7.24. The number of amides is 4. The molecule has 0 unspecified atom stereocenters. The van der Waals surface area contributed by atoms with Crippen LogP contribution in [0.15, 0.2) is 121 Å². The molecule has 2 heterocycles. The van der Waals surface area contributed by atoms with Crippen LogP contribution in [0.5, 0.6) is 23.0 Å². The maximum absolute atomic E-state index is 15.6. The lowest BCUT2D eigenvalue weighted by Gasteiger charge is -2.34. The molecule has 0 atom stereocenters. The van der Waals surface area contributed by atoms with Crippen LogP contribution in [-0.4, -0.2) is 23.6 Å². The molecule has 2 aliphatic rings. The molecule has 0 fully saturated rings. The van der Waals surface area contributed by atoms with Crippen molar-refractivity contribution >= 4 is 78.1 Å². The van der Waals surface area contributed by atoms with Gasteiger partial charge in [0.2, 0.25) is 0 Å². The zero-order valence-corrected chi connectivity index (χ0v) is 41.4. The lowest BCUT2D eigenvalue weighted by molar-refractivity contribution is 0.0877. The van der Waals surface area contributed by atoms with Crippen molar-refractivity contribution in [2.45, 2.75) is 79.1 Å². The molecule has 0 N–H and O–H groups in total. The first-order valence-corrected chi connectivity index (χ1v) is 24.4. The number of hydrogen-bond acceptors (Lipinski definition) is 6. The molecule has 0 saturated heterocycles. The van der Waals surface area contributed by atoms with Gasteiger partial charge in [0, 0.05) is 54.6 Å². The van der Waals surface area contributed by atoms with E-state index >= 15 is 19.2 Å². The van der Waals surface area contributed by atoms with E-state index in [9.17, 15) is 0 Å². The van der Waals surface area contributed by atoms with Crippen LogP contribution in [0, 0.1) is 24.7 Å². The van der Waals surface area contributed by atoms with Crippen molar-refractivity contribution in [3.8, 4) is 47.7 Å². The summed E-state index contributed by atoms with van der Waals surface area (Å²) in [6.45, 7) is 16.5. The molecule has 4 amide bonds. The number of anilines is 2. The van der Waals surface area contributed by atoms with Crippen molar-refractivity contribution < 1.29 is 28.7 Å². The van der Waals surface area contributed by atoms with Gasteiger partial charge in [-0.1, -0.05) is 116 Å².